The molecule has 7 nitrogen and oxygen atoms in total. The number of methoxy groups -OCH3 is 1. The summed E-state index contributed by atoms with van der Waals surface area (Å²) in [4.78, 5) is 21.0. The molecule has 2 aromatic carbocycles. The Kier molecular flexibility index (Phi) is 5.56. The number of nitrogens with zero attached hydrogens (tertiary/aromatic N) is 3. The molecule has 0 saturated heterocycles. The van der Waals surface area contributed by atoms with Crippen LogP contribution in [0.2, 0.25) is 0 Å². The van der Waals surface area contributed by atoms with E-state index in [0.717, 1.165) is 5.56 Å². The molecule has 0 aliphatic heterocycles. The summed E-state index contributed by atoms with van der Waals surface area (Å²) in [6.45, 7) is 0.389. The number of imidazole rings is 1. The maximum Gasteiger partial charge on any atom is 0.226 e. The molecule has 0 aliphatic carbocycles. The number of ether oxygens (including phenoxy) is 1. The van der Waals surface area contributed by atoms with E-state index in [-0.39, 0.29) is 18.1 Å². The molecule has 8 heteroatoms. The van der Waals surface area contributed by atoms with Crippen LogP contribution in [0.5, 0.6) is 5.75 Å². The van der Waals surface area contributed by atoms with Crippen LogP contribution in [0.15, 0.2) is 67.1 Å². The van der Waals surface area contributed by atoms with Gasteiger partial charge in [0.15, 0.2) is 5.65 Å². The van der Waals surface area contributed by atoms with Gasteiger partial charge in [0.2, 0.25) is 5.91 Å². The van der Waals surface area contributed by atoms with Crippen LogP contribution in [-0.4, -0.2) is 33.9 Å². The Morgan fingerprint density at radius 1 is 1.20 bits per heavy atom. The first-order valence-corrected chi connectivity index (χ1v) is 9.40. The van der Waals surface area contributed by atoms with Gasteiger partial charge in [-0.2, -0.15) is 0 Å². The number of anilines is 2. The van der Waals surface area contributed by atoms with Crippen LogP contribution in [-0.2, 0) is 4.79 Å². The number of benzene rings is 2. The van der Waals surface area contributed by atoms with Gasteiger partial charge in [-0.1, -0.05) is 6.07 Å². The van der Waals surface area contributed by atoms with Crippen molar-refractivity contribution in [1.82, 2.24) is 14.4 Å². The van der Waals surface area contributed by atoms with Crippen molar-refractivity contribution in [2.75, 3.05) is 24.3 Å². The second-order valence-electron chi connectivity index (χ2n) is 6.58. The van der Waals surface area contributed by atoms with Crippen LogP contribution in [0.3, 0.4) is 0 Å². The van der Waals surface area contributed by atoms with Crippen molar-refractivity contribution in [3.05, 3.63) is 72.9 Å². The Morgan fingerprint density at radius 2 is 2.03 bits per heavy atom. The molecule has 30 heavy (non-hydrogen) atoms. The summed E-state index contributed by atoms with van der Waals surface area (Å²) in [6.07, 6.45) is 5.34. The fraction of sp³-hybridized carbons (Fsp3) is 0.136. The molecule has 0 spiro atoms. The molecular formula is C22H20FN5O2. The van der Waals surface area contributed by atoms with E-state index in [9.17, 15) is 9.18 Å². The highest BCUT2D eigenvalue weighted by Crippen LogP contribution is 2.28. The van der Waals surface area contributed by atoms with Crippen molar-refractivity contribution >= 4 is 23.1 Å². The topological polar surface area (TPSA) is 80.5 Å². The fourth-order valence-electron chi connectivity index (χ4n) is 3.10. The minimum atomic E-state index is -0.312. The van der Waals surface area contributed by atoms with Crippen LogP contribution in [0.25, 0.3) is 16.9 Å². The SMILES string of the molecule is COc1cccc(NC(=O)CCNc2c(-c3ccc(F)cc3)nc3cnccn23)c1. The first-order valence-electron chi connectivity index (χ1n) is 9.40. The fourth-order valence-corrected chi connectivity index (χ4v) is 3.10. The largest absolute Gasteiger partial charge is 0.497 e. The normalized spacial score (nSPS) is 10.7. The van der Waals surface area contributed by atoms with Gasteiger partial charge in [-0.3, -0.25) is 14.2 Å². The Balaban J connectivity index is 1.48. The van der Waals surface area contributed by atoms with Gasteiger partial charge in [0.1, 0.15) is 23.1 Å². The Morgan fingerprint density at radius 3 is 2.83 bits per heavy atom. The van der Waals surface area contributed by atoms with E-state index in [1.807, 2.05) is 16.5 Å². The molecule has 0 radical (unpaired) electrons. The first kappa shape index (κ1) is 19.4. The molecule has 152 valence electrons. The van der Waals surface area contributed by atoms with E-state index >= 15 is 0 Å². The lowest BCUT2D eigenvalue weighted by atomic mass is 10.1. The zero-order valence-corrected chi connectivity index (χ0v) is 16.3. The molecule has 0 unspecified atom stereocenters. The number of carbonyl (C=O) groups is 1. The van der Waals surface area contributed by atoms with Crippen molar-refractivity contribution in [3.63, 3.8) is 0 Å². The van der Waals surface area contributed by atoms with Gasteiger partial charge in [-0.05, 0) is 36.4 Å². The van der Waals surface area contributed by atoms with E-state index in [2.05, 4.69) is 20.6 Å². The van der Waals surface area contributed by atoms with Crippen molar-refractivity contribution in [2.24, 2.45) is 0 Å². The number of amides is 1. The summed E-state index contributed by atoms with van der Waals surface area (Å²) in [5.74, 6) is 0.949. The van der Waals surface area contributed by atoms with Gasteiger partial charge in [0, 0.05) is 42.7 Å². The second kappa shape index (κ2) is 8.60. The van der Waals surface area contributed by atoms with Crippen LogP contribution in [0, 0.1) is 5.82 Å². The standard InChI is InChI=1S/C22H20FN5O2/c1-30-18-4-2-3-17(13-18)26-20(29)9-10-25-22-21(15-5-7-16(23)8-6-15)27-19-14-24-11-12-28(19)22/h2-8,11-14,25H,9-10H2,1H3,(H,26,29). The molecule has 0 aliphatic rings. The molecule has 0 fully saturated rings. The maximum absolute atomic E-state index is 13.3. The Hall–Kier alpha value is -3.94. The number of aromatic nitrogens is 3. The molecule has 2 heterocycles. The van der Waals surface area contributed by atoms with Gasteiger partial charge < -0.3 is 15.4 Å². The third-order valence-electron chi connectivity index (χ3n) is 4.55. The van der Waals surface area contributed by atoms with Crippen LogP contribution >= 0.6 is 0 Å². The summed E-state index contributed by atoms with van der Waals surface area (Å²) in [7, 11) is 1.58. The molecule has 0 bridgehead atoms. The predicted octanol–water partition coefficient (Wildman–Crippen LogP) is 3.98. The lowest BCUT2D eigenvalue weighted by molar-refractivity contribution is -0.115. The average molecular weight is 405 g/mol. The number of hydrogen-bond acceptors (Lipinski definition) is 5. The molecule has 4 rings (SSSR count). The zero-order chi connectivity index (χ0) is 20.9. The highest BCUT2D eigenvalue weighted by molar-refractivity contribution is 5.91. The van der Waals surface area contributed by atoms with Gasteiger partial charge in [0.25, 0.3) is 0 Å². The van der Waals surface area contributed by atoms with E-state index in [4.69, 9.17) is 4.74 Å². The number of nitrogens with one attached hydrogen (secondary N) is 2. The monoisotopic (exact) mass is 405 g/mol. The molecule has 0 atom stereocenters. The highest BCUT2D eigenvalue weighted by Gasteiger charge is 2.14. The Bertz CT molecular complexity index is 1170. The summed E-state index contributed by atoms with van der Waals surface area (Å²) >= 11 is 0. The summed E-state index contributed by atoms with van der Waals surface area (Å²) in [5.41, 5.74) is 2.76. The molecule has 2 N–H and O–H groups in total. The summed E-state index contributed by atoms with van der Waals surface area (Å²) in [6, 6.07) is 13.3. The molecule has 1 amide bonds. The van der Waals surface area contributed by atoms with Crippen LogP contribution in [0.1, 0.15) is 6.42 Å². The van der Waals surface area contributed by atoms with Crippen LogP contribution < -0.4 is 15.4 Å². The van der Waals surface area contributed by atoms with E-state index in [1.165, 1.54) is 12.1 Å². The van der Waals surface area contributed by atoms with Gasteiger partial charge >= 0.3 is 0 Å². The quantitative estimate of drug-likeness (QED) is 0.486. The van der Waals surface area contributed by atoms with Crippen molar-refractivity contribution in [2.45, 2.75) is 6.42 Å². The maximum atomic E-state index is 13.3. The van der Waals surface area contributed by atoms with Gasteiger partial charge in [-0.25, -0.2) is 9.37 Å². The molecular weight excluding hydrogens is 385 g/mol. The summed E-state index contributed by atoms with van der Waals surface area (Å²) < 4.78 is 20.3. The zero-order valence-electron chi connectivity index (χ0n) is 16.3. The molecule has 0 saturated carbocycles. The minimum absolute atomic E-state index is 0.130. The van der Waals surface area contributed by atoms with E-state index in [0.29, 0.717) is 35.1 Å². The number of rotatable bonds is 7. The lowest BCUT2D eigenvalue weighted by Gasteiger charge is -2.10. The smallest absolute Gasteiger partial charge is 0.226 e. The Labute approximate surface area is 172 Å². The third kappa shape index (κ3) is 4.22. The van der Waals surface area contributed by atoms with Gasteiger partial charge in [-0.15, -0.1) is 0 Å². The number of halogens is 1. The first-order chi connectivity index (χ1) is 14.6. The average Bonchev–Trinajstić information content (AvgIpc) is 3.13. The van der Waals surface area contributed by atoms with Gasteiger partial charge in [0.05, 0.1) is 13.3 Å². The van der Waals surface area contributed by atoms with Crippen LogP contribution in [0.4, 0.5) is 15.9 Å². The number of hydrogen-bond donors (Lipinski definition) is 2. The van der Waals surface area contributed by atoms with Crippen molar-refractivity contribution < 1.29 is 13.9 Å². The molecule has 4 aromatic rings. The van der Waals surface area contributed by atoms with E-state index < -0.39 is 0 Å². The summed E-state index contributed by atoms with van der Waals surface area (Å²) in [5, 5.41) is 6.14. The van der Waals surface area contributed by atoms with E-state index in [1.54, 1.807) is 50.0 Å². The number of fused-ring (bicyclic) bond motifs is 1. The number of carbonyl (C=O) groups excluding carboxylic acids is 1. The molecule has 2 aromatic heterocycles. The lowest BCUT2D eigenvalue weighted by Crippen LogP contribution is -2.17. The third-order valence-corrected chi connectivity index (χ3v) is 4.55. The second-order valence-corrected chi connectivity index (χ2v) is 6.58. The minimum Gasteiger partial charge on any atom is -0.497 e. The van der Waals surface area contributed by atoms with Crippen molar-refractivity contribution in [3.8, 4) is 17.0 Å². The van der Waals surface area contributed by atoms with Crippen molar-refractivity contribution in [1.29, 1.82) is 0 Å². The highest BCUT2D eigenvalue weighted by atomic mass is 19.1. The predicted molar refractivity (Wildman–Crippen MR) is 113 cm³/mol.